The van der Waals surface area contributed by atoms with E-state index in [2.05, 4.69) is 16.0 Å². The summed E-state index contributed by atoms with van der Waals surface area (Å²) in [6.45, 7) is 3.72. The number of ketones is 1. The molecule has 0 aliphatic carbocycles. The number of hydrogen-bond donors (Lipinski definition) is 1. The molecule has 3 heteroatoms. The normalized spacial score (nSPS) is 13.9. The molecule has 0 aliphatic rings. The summed E-state index contributed by atoms with van der Waals surface area (Å²) >= 11 is 2.73. The first kappa shape index (κ1) is 9.15. The summed E-state index contributed by atoms with van der Waals surface area (Å²) in [5.74, 6) is 0.196. The molecule has 0 aromatic heterocycles. The molecule has 0 aromatic rings. The van der Waals surface area contributed by atoms with Crippen molar-refractivity contribution in [3.05, 3.63) is 0 Å². The fourth-order valence-electron chi connectivity index (χ4n) is 0.510. The van der Waals surface area contributed by atoms with E-state index in [1.165, 1.54) is 0 Å². The Kier molecular flexibility index (Phi) is 4.11. The summed E-state index contributed by atoms with van der Waals surface area (Å²) in [7, 11) is 0. The van der Waals surface area contributed by atoms with Crippen LogP contribution in [0.4, 0.5) is 0 Å². The minimum absolute atomic E-state index is 0.0633. The van der Waals surface area contributed by atoms with Gasteiger partial charge in [-0.15, -0.1) is 0 Å². The van der Waals surface area contributed by atoms with Crippen LogP contribution in [0.1, 0.15) is 13.8 Å². The molecule has 0 fully saturated rings. The van der Waals surface area contributed by atoms with E-state index in [0.29, 0.717) is 5.32 Å². The number of hydrogen-bond acceptors (Lipinski definition) is 2. The molecule has 0 amide bonds. The van der Waals surface area contributed by atoms with Gasteiger partial charge in [0.15, 0.2) is 0 Å². The van der Waals surface area contributed by atoms with Crippen LogP contribution in [0.2, 0.25) is 5.32 Å². The van der Waals surface area contributed by atoms with Crippen molar-refractivity contribution >= 4 is 21.8 Å². The Morgan fingerprint density at radius 2 is 2.11 bits per heavy atom. The average Bonchev–Trinajstić information content (AvgIpc) is 1.84. The molecule has 0 heterocycles. The number of nitrogens with two attached hydrogens (primary N) is 1. The fourth-order valence-corrected chi connectivity index (χ4v) is 0.855. The molecule has 0 aliphatic heterocycles. The van der Waals surface area contributed by atoms with Gasteiger partial charge < -0.3 is 0 Å². The molecule has 2 N–H and O–H groups in total. The molecule has 0 saturated carbocycles. The van der Waals surface area contributed by atoms with Gasteiger partial charge in [-0.2, -0.15) is 0 Å². The van der Waals surface area contributed by atoms with Crippen molar-refractivity contribution in [3.63, 3.8) is 0 Å². The molecule has 0 rings (SSSR count). The maximum absolute atomic E-state index is 10.9. The Morgan fingerprint density at radius 3 is 2.22 bits per heavy atom. The van der Waals surface area contributed by atoms with Crippen molar-refractivity contribution in [2.45, 2.75) is 25.2 Å². The van der Waals surface area contributed by atoms with Gasteiger partial charge in [0.25, 0.3) is 0 Å². The molecule has 0 bridgehead atoms. The van der Waals surface area contributed by atoms with Gasteiger partial charge in [0, 0.05) is 0 Å². The van der Waals surface area contributed by atoms with Crippen LogP contribution < -0.4 is 5.73 Å². The first-order valence-electron chi connectivity index (χ1n) is 2.97. The molecule has 53 valence electrons. The topological polar surface area (TPSA) is 43.1 Å². The van der Waals surface area contributed by atoms with E-state index in [1.807, 2.05) is 13.8 Å². The van der Waals surface area contributed by atoms with Crippen LogP contribution in [-0.2, 0) is 4.79 Å². The third-order valence-corrected chi connectivity index (χ3v) is 1.87. The van der Waals surface area contributed by atoms with Gasteiger partial charge in [-0.25, -0.2) is 0 Å². The zero-order chi connectivity index (χ0) is 7.44. The standard InChI is InChI=1S/C6H12NOSe/c1-4(2)6(8)5(7)3-9/h4-5H,3,7H2,1-2H3/t5-/m1/s1. The summed E-state index contributed by atoms with van der Waals surface area (Å²) in [6.07, 6.45) is 0. The van der Waals surface area contributed by atoms with Crippen LogP contribution in [0.5, 0.6) is 0 Å². The third-order valence-electron chi connectivity index (χ3n) is 1.11. The van der Waals surface area contributed by atoms with Crippen LogP contribution in [0, 0.1) is 5.92 Å². The predicted octanol–water partition coefficient (Wildman–Crippen LogP) is 0.126. The first-order chi connectivity index (χ1) is 4.09. The van der Waals surface area contributed by atoms with Crippen molar-refractivity contribution in [2.24, 2.45) is 11.7 Å². The monoisotopic (exact) mass is 194 g/mol. The van der Waals surface area contributed by atoms with Crippen LogP contribution in [-0.4, -0.2) is 27.8 Å². The van der Waals surface area contributed by atoms with Crippen molar-refractivity contribution in [1.29, 1.82) is 0 Å². The van der Waals surface area contributed by atoms with E-state index in [-0.39, 0.29) is 17.7 Å². The average molecular weight is 193 g/mol. The molecular formula is C6H12NOSe. The van der Waals surface area contributed by atoms with E-state index < -0.39 is 0 Å². The summed E-state index contributed by atoms with van der Waals surface area (Å²) in [5, 5.41) is 0.622. The molecule has 1 atom stereocenters. The summed E-state index contributed by atoms with van der Waals surface area (Å²) in [4.78, 5) is 10.9. The Labute approximate surface area is 64.0 Å². The van der Waals surface area contributed by atoms with E-state index in [0.717, 1.165) is 0 Å². The van der Waals surface area contributed by atoms with E-state index in [4.69, 9.17) is 5.73 Å². The Balaban J connectivity index is 3.73. The number of carbonyl (C=O) groups excluding carboxylic acids is 1. The van der Waals surface area contributed by atoms with Gasteiger partial charge in [-0.05, 0) is 0 Å². The Hall–Kier alpha value is 0.149. The maximum atomic E-state index is 10.9. The molecule has 0 aromatic carbocycles. The number of rotatable bonds is 3. The van der Waals surface area contributed by atoms with Crippen molar-refractivity contribution < 1.29 is 4.79 Å². The van der Waals surface area contributed by atoms with Crippen LogP contribution in [0.25, 0.3) is 0 Å². The van der Waals surface area contributed by atoms with Gasteiger partial charge in [0.1, 0.15) is 0 Å². The number of carbonyl (C=O) groups is 1. The van der Waals surface area contributed by atoms with Crippen LogP contribution in [0.3, 0.4) is 0 Å². The molecule has 9 heavy (non-hydrogen) atoms. The zero-order valence-corrected chi connectivity index (χ0v) is 7.47. The zero-order valence-electron chi connectivity index (χ0n) is 5.76. The van der Waals surface area contributed by atoms with Gasteiger partial charge in [0.2, 0.25) is 0 Å². The van der Waals surface area contributed by atoms with Gasteiger partial charge in [0.05, 0.1) is 0 Å². The Morgan fingerprint density at radius 1 is 1.67 bits per heavy atom. The molecular weight excluding hydrogens is 181 g/mol. The Bertz CT molecular complexity index is 103. The van der Waals surface area contributed by atoms with Gasteiger partial charge in [-0.3, -0.25) is 0 Å². The van der Waals surface area contributed by atoms with Crippen LogP contribution >= 0.6 is 0 Å². The molecule has 0 saturated heterocycles. The van der Waals surface area contributed by atoms with Gasteiger partial charge >= 0.3 is 63.5 Å². The predicted molar refractivity (Wildman–Crippen MR) is 38.4 cm³/mol. The number of Topliss-reactive ketones (excluding diaryl/α,β-unsaturated/α-hetero) is 1. The molecule has 0 spiro atoms. The second kappa shape index (κ2) is 4.04. The summed E-state index contributed by atoms with van der Waals surface area (Å²) in [6, 6.07) is -0.301. The summed E-state index contributed by atoms with van der Waals surface area (Å²) in [5.41, 5.74) is 5.44. The second-order valence-corrected chi connectivity index (χ2v) is 3.03. The molecule has 1 radical (unpaired) electrons. The van der Waals surface area contributed by atoms with Crippen molar-refractivity contribution in [2.75, 3.05) is 0 Å². The van der Waals surface area contributed by atoms with Crippen LogP contribution in [0.15, 0.2) is 0 Å². The molecule has 2 nitrogen and oxygen atoms in total. The van der Waals surface area contributed by atoms with E-state index in [1.54, 1.807) is 0 Å². The summed E-state index contributed by atoms with van der Waals surface area (Å²) < 4.78 is 0. The van der Waals surface area contributed by atoms with E-state index >= 15 is 0 Å². The van der Waals surface area contributed by atoms with E-state index in [9.17, 15) is 4.79 Å². The van der Waals surface area contributed by atoms with Crippen molar-refractivity contribution in [1.82, 2.24) is 0 Å². The minimum atomic E-state index is -0.301. The first-order valence-corrected chi connectivity index (χ1v) is 4.18. The fraction of sp³-hybridized carbons (Fsp3) is 0.833. The van der Waals surface area contributed by atoms with Gasteiger partial charge in [-0.1, -0.05) is 0 Å². The third kappa shape index (κ3) is 2.99. The SMILES string of the molecule is CC(C)C(=O)[C@H](N)C[Se]. The molecule has 0 unspecified atom stereocenters. The van der Waals surface area contributed by atoms with Crippen molar-refractivity contribution in [3.8, 4) is 0 Å². The second-order valence-electron chi connectivity index (χ2n) is 2.33. The quantitative estimate of drug-likeness (QED) is 0.647.